The second kappa shape index (κ2) is 12.0. The topological polar surface area (TPSA) is 92.3 Å². The summed E-state index contributed by atoms with van der Waals surface area (Å²) >= 11 is 6.74. The van der Waals surface area contributed by atoms with Crippen LogP contribution < -0.4 is 0 Å². The van der Waals surface area contributed by atoms with E-state index in [2.05, 4.69) is 4.98 Å². The van der Waals surface area contributed by atoms with Crippen LogP contribution in [0.15, 0.2) is 100 Å². The van der Waals surface area contributed by atoms with E-state index >= 15 is 0 Å². The number of halogens is 1. The van der Waals surface area contributed by atoms with Gasteiger partial charge in [-0.15, -0.1) is 0 Å². The van der Waals surface area contributed by atoms with Crippen molar-refractivity contribution in [1.29, 1.82) is 0 Å². The molecule has 7 heteroatoms. The van der Waals surface area contributed by atoms with Crippen LogP contribution in [-0.4, -0.2) is 40.0 Å². The summed E-state index contributed by atoms with van der Waals surface area (Å²) in [4.78, 5) is 34.1. The van der Waals surface area contributed by atoms with E-state index in [9.17, 15) is 14.7 Å². The molecule has 0 radical (unpaired) electrons. The molecule has 0 saturated heterocycles. The van der Waals surface area contributed by atoms with Gasteiger partial charge in [0.25, 0.3) is 0 Å². The van der Waals surface area contributed by atoms with Gasteiger partial charge < -0.3 is 14.8 Å². The smallest absolute Gasteiger partial charge is 0.335 e. The monoisotopic (exact) mass is 542 g/mol. The first-order chi connectivity index (χ1) is 19.0. The molecule has 3 aromatic rings. The van der Waals surface area contributed by atoms with Gasteiger partial charge in [-0.1, -0.05) is 60.1 Å². The van der Waals surface area contributed by atoms with Crippen molar-refractivity contribution in [1.82, 2.24) is 9.97 Å². The van der Waals surface area contributed by atoms with Crippen LogP contribution in [-0.2, 0) is 14.3 Å². The molecule has 0 bridgehead atoms. The zero-order valence-electron chi connectivity index (χ0n) is 21.8. The van der Waals surface area contributed by atoms with Crippen LogP contribution in [0.25, 0.3) is 11.0 Å². The van der Waals surface area contributed by atoms with Crippen molar-refractivity contribution >= 4 is 34.4 Å². The maximum Gasteiger partial charge on any atom is 0.335 e. The largest absolute Gasteiger partial charge is 0.478 e. The Bertz CT molecular complexity index is 1480. The number of fused-ring (bicyclic) bond motifs is 1. The van der Waals surface area contributed by atoms with Crippen LogP contribution in [0.4, 0.5) is 0 Å². The Balaban J connectivity index is 1.47. The van der Waals surface area contributed by atoms with Crippen LogP contribution in [0.3, 0.4) is 0 Å². The molecular weight excluding hydrogens is 512 g/mol. The van der Waals surface area contributed by atoms with E-state index in [0.717, 1.165) is 28.0 Å². The van der Waals surface area contributed by atoms with Crippen LogP contribution >= 0.6 is 11.6 Å². The molecule has 2 N–H and O–H groups in total. The minimum Gasteiger partial charge on any atom is -0.478 e. The number of hydrogen-bond acceptors (Lipinski definition) is 4. The highest BCUT2D eigenvalue weighted by molar-refractivity contribution is 6.32. The van der Waals surface area contributed by atoms with Crippen molar-refractivity contribution in [2.75, 3.05) is 13.2 Å². The number of carboxylic acid groups (broad SMARTS) is 1. The van der Waals surface area contributed by atoms with Gasteiger partial charge in [0.1, 0.15) is 5.82 Å². The number of ketones is 1. The Morgan fingerprint density at radius 1 is 1.13 bits per heavy atom. The Morgan fingerprint density at radius 2 is 1.90 bits per heavy atom. The summed E-state index contributed by atoms with van der Waals surface area (Å²) in [5.74, 6) is -0.689. The van der Waals surface area contributed by atoms with Gasteiger partial charge in [0.2, 0.25) is 0 Å². The standard InChI is InChI=1S/C32H31ClN2O4/c1-2-39-19-22(20-9-4-3-5-10-20)18-29(36)21-15-16-23(25(17-21)32(37)38)30-24(11-8-12-26(30)33)31-34-27-13-6-7-14-28(27)35-31/h3-10,12-14,17,22,24H,2,11,15-16,18-19H2,1H3,(H,34,35)(H,37,38)/t22-,24?/m1/s1. The third kappa shape index (κ3) is 5.82. The third-order valence-corrected chi connectivity index (χ3v) is 7.74. The number of Topliss-reactive ketones (excluding diaryl/α,β-unsaturated/α-hetero) is 1. The highest BCUT2D eigenvalue weighted by atomic mass is 35.5. The van der Waals surface area contributed by atoms with Gasteiger partial charge in [0.05, 0.1) is 23.2 Å². The van der Waals surface area contributed by atoms with Crippen molar-refractivity contribution in [2.24, 2.45) is 0 Å². The first-order valence-corrected chi connectivity index (χ1v) is 13.7. The second-order valence-corrected chi connectivity index (χ2v) is 10.3. The predicted molar refractivity (Wildman–Crippen MR) is 153 cm³/mol. The Labute approximate surface area is 232 Å². The van der Waals surface area contributed by atoms with Gasteiger partial charge in [0, 0.05) is 29.9 Å². The van der Waals surface area contributed by atoms with E-state index in [-0.39, 0.29) is 29.6 Å². The van der Waals surface area contributed by atoms with Crippen molar-refractivity contribution in [3.63, 3.8) is 0 Å². The second-order valence-electron chi connectivity index (χ2n) is 9.85. The Hall–Kier alpha value is -3.74. The molecule has 0 saturated carbocycles. The number of imidazole rings is 1. The number of aromatic amines is 1. The maximum absolute atomic E-state index is 13.4. The van der Waals surface area contributed by atoms with Crippen molar-refractivity contribution in [3.8, 4) is 0 Å². The highest BCUT2D eigenvalue weighted by Crippen LogP contribution is 2.44. The van der Waals surface area contributed by atoms with E-state index in [1.54, 1.807) is 6.08 Å². The van der Waals surface area contributed by atoms with Gasteiger partial charge in [-0.25, -0.2) is 9.78 Å². The number of nitrogens with one attached hydrogen (secondary N) is 1. The minimum absolute atomic E-state index is 0.0567. The number of nitrogens with zero attached hydrogens (tertiary/aromatic N) is 1. The number of allylic oxidation sites excluding steroid dienone is 6. The molecule has 2 aliphatic carbocycles. The van der Waals surface area contributed by atoms with E-state index in [0.29, 0.717) is 48.7 Å². The molecule has 2 atom stereocenters. The molecule has 200 valence electrons. The number of carbonyl (C=O) groups is 2. The molecule has 0 spiro atoms. The number of para-hydroxylation sites is 2. The first-order valence-electron chi connectivity index (χ1n) is 13.3. The zero-order chi connectivity index (χ0) is 27.4. The first kappa shape index (κ1) is 26.9. The summed E-state index contributed by atoms with van der Waals surface area (Å²) in [5.41, 5.74) is 4.87. The molecule has 1 aromatic heterocycles. The number of aromatic nitrogens is 2. The average molecular weight is 543 g/mol. The lowest BCUT2D eigenvalue weighted by atomic mass is 9.78. The highest BCUT2D eigenvalue weighted by Gasteiger charge is 2.32. The normalized spacial score (nSPS) is 18.4. The number of ether oxygens (including phenoxy) is 1. The Kier molecular flexibility index (Phi) is 8.24. The molecule has 5 rings (SSSR count). The summed E-state index contributed by atoms with van der Waals surface area (Å²) in [6.45, 7) is 2.92. The number of aliphatic carboxylic acids is 1. The molecule has 0 fully saturated rings. The average Bonchev–Trinajstić information content (AvgIpc) is 3.39. The molecule has 1 heterocycles. The van der Waals surface area contributed by atoms with Crippen molar-refractivity contribution < 1.29 is 19.4 Å². The zero-order valence-corrected chi connectivity index (χ0v) is 22.6. The molecule has 1 unspecified atom stereocenters. The lowest BCUT2D eigenvalue weighted by Crippen LogP contribution is -2.20. The number of hydrogen-bond donors (Lipinski definition) is 2. The lowest BCUT2D eigenvalue weighted by Gasteiger charge is -2.27. The molecular formula is C32H31ClN2O4. The van der Waals surface area contributed by atoms with Crippen LogP contribution in [0, 0.1) is 0 Å². The van der Waals surface area contributed by atoms with Gasteiger partial charge in [0.15, 0.2) is 5.78 Å². The summed E-state index contributed by atoms with van der Waals surface area (Å²) in [6.07, 6.45) is 7.13. The molecule has 2 aromatic carbocycles. The predicted octanol–water partition coefficient (Wildman–Crippen LogP) is 6.98. The number of H-pyrrole nitrogens is 1. The van der Waals surface area contributed by atoms with Crippen molar-refractivity contribution in [3.05, 3.63) is 112 Å². The molecule has 39 heavy (non-hydrogen) atoms. The number of carboxylic acids is 1. The van der Waals surface area contributed by atoms with Crippen molar-refractivity contribution in [2.45, 2.75) is 44.4 Å². The van der Waals surface area contributed by atoms with E-state index < -0.39 is 5.97 Å². The molecule has 6 nitrogen and oxygen atoms in total. The van der Waals surface area contributed by atoms with Crippen LogP contribution in [0.5, 0.6) is 0 Å². The maximum atomic E-state index is 13.4. The fourth-order valence-electron chi connectivity index (χ4n) is 5.45. The van der Waals surface area contributed by atoms with Crippen LogP contribution in [0.2, 0.25) is 0 Å². The van der Waals surface area contributed by atoms with E-state index in [4.69, 9.17) is 21.3 Å². The molecule has 0 aliphatic heterocycles. The fourth-order valence-corrected chi connectivity index (χ4v) is 5.79. The van der Waals surface area contributed by atoms with Gasteiger partial charge in [-0.3, -0.25) is 4.79 Å². The molecule has 2 aliphatic rings. The summed E-state index contributed by atoms with van der Waals surface area (Å²) < 4.78 is 5.67. The number of benzene rings is 2. The lowest BCUT2D eigenvalue weighted by molar-refractivity contribution is -0.132. The Morgan fingerprint density at radius 3 is 2.64 bits per heavy atom. The van der Waals surface area contributed by atoms with Crippen LogP contribution in [0.1, 0.15) is 55.8 Å². The number of carbonyl (C=O) groups excluding carboxylic acids is 1. The van der Waals surface area contributed by atoms with E-state index in [1.807, 2.05) is 73.7 Å². The third-order valence-electron chi connectivity index (χ3n) is 7.41. The van der Waals surface area contributed by atoms with Gasteiger partial charge >= 0.3 is 5.97 Å². The SMILES string of the molecule is CCOC[C@@H](CC(=O)C1=CC(C(=O)O)=C(C2=C(Cl)C=CCC2c2nc3ccccc3[nH]2)CC1)c1ccccc1. The fraction of sp³-hybridized carbons (Fsp3) is 0.281. The van der Waals surface area contributed by atoms with Gasteiger partial charge in [-0.05, 0) is 72.8 Å². The minimum atomic E-state index is -1.07. The quantitative estimate of drug-likeness (QED) is 0.288. The summed E-state index contributed by atoms with van der Waals surface area (Å²) in [7, 11) is 0. The number of rotatable bonds is 10. The van der Waals surface area contributed by atoms with E-state index in [1.165, 1.54) is 0 Å². The molecule has 0 amide bonds. The summed E-state index contributed by atoms with van der Waals surface area (Å²) in [5, 5.41) is 10.7. The summed E-state index contributed by atoms with van der Waals surface area (Å²) in [6, 6.07) is 17.6. The van der Waals surface area contributed by atoms with Gasteiger partial charge in [-0.2, -0.15) is 0 Å².